The van der Waals surface area contributed by atoms with E-state index in [9.17, 15) is 13.2 Å². The molecular formula is C21H26BrN3O3S. The number of rotatable bonds is 8. The molecule has 2 aromatic carbocycles. The van der Waals surface area contributed by atoms with Crippen molar-refractivity contribution in [3.63, 3.8) is 0 Å². The summed E-state index contributed by atoms with van der Waals surface area (Å²) in [7, 11) is -1.62. The van der Waals surface area contributed by atoms with Crippen LogP contribution in [0.2, 0.25) is 0 Å². The summed E-state index contributed by atoms with van der Waals surface area (Å²) in [4.78, 5) is 14.9. The lowest BCUT2D eigenvalue weighted by molar-refractivity contribution is 0.0947. The summed E-state index contributed by atoms with van der Waals surface area (Å²) in [6, 6.07) is 13.5. The van der Waals surface area contributed by atoms with E-state index >= 15 is 0 Å². The van der Waals surface area contributed by atoms with E-state index in [0.29, 0.717) is 23.8 Å². The predicted octanol–water partition coefficient (Wildman–Crippen LogP) is 3.85. The van der Waals surface area contributed by atoms with Crippen molar-refractivity contribution in [2.75, 3.05) is 24.9 Å². The van der Waals surface area contributed by atoms with E-state index in [1.807, 2.05) is 0 Å². The van der Waals surface area contributed by atoms with Crippen molar-refractivity contribution in [2.45, 2.75) is 36.6 Å². The first kappa shape index (κ1) is 21.8. The van der Waals surface area contributed by atoms with Crippen LogP contribution in [0.4, 0.5) is 5.69 Å². The number of likely N-dealkylation sites (N-methyl/N-ethyl adjacent to an activating group) is 1. The Balaban J connectivity index is 1.58. The Bertz CT molecular complexity index is 942. The second kappa shape index (κ2) is 9.73. The lowest BCUT2D eigenvalue weighted by atomic mass is 10.2. The van der Waals surface area contributed by atoms with Gasteiger partial charge in [0.2, 0.25) is 0 Å². The second-order valence-corrected chi connectivity index (χ2v) is 9.91. The molecule has 2 N–H and O–H groups in total. The molecule has 1 aliphatic rings. The summed E-state index contributed by atoms with van der Waals surface area (Å²) >= 11 is 3.29. The van der Waals surface area contributed by atoms with Crippen LogP contribution in [0.1, 0.15) is 36.0 Å². The average Bonchev–Trinajstić information content (AvgIpc) is 3.23. The van der Waals surface area contributed by atoms with Crippen molar-refractivity contribution in [1.82, 2.24) is 10.2 Å². The fourth-order valence-electron chi connectivity index (χ4n) is 3.53. The molecule has 0 aliphatic heterocycles. The lowest BCUT2D eigenvalue weighted by Gasteiger charge is -2.23. The number of anilines is 1. The molecule has 0 heterocycles. The van der Waals surface area contributed by atoms with Crippen molar-refractivity contribution in [2.24, 2.45) is 0 Å². The van der Waals surface area contributed by atoms with Crippen molar-refractivity contribution >= 4 is 37.5 Å². The first-order valence-corrected chi connectivity index (χ1v) is 12.0. The molecule has 0 atom stereocenters. The normalized spacial score (nSPS) is 14.9. The number of carbonyl (C=O) groups excluding carboxylic acids is 1. The van der Waals surface area contributed by atoms with E-state index in [4.69, 9.17) is 0 Å². The maximum atomic E-state index is 12.5. The van der Waals surface area contributed by atoms with Crippen LogP contribution in [0.5, 0.6) is 0 Å². The third-order valence-corrected chi connectivity index (χ3v) is 7.12. The Labute approximate surface area is 180 Å². The first-order chi connectivity index (χ1) is 13.8. The maximum absolute atomic E-state index is 12.5. The van der Waals surface area contributed by atoms with E-state index in [2.05, 4.69) is 37.9 Å². The van der Waals surface area contributed by atoms with Gasteiger partial charge in [-0.15, -0.1) is 0 Å². The maximum Gasteiger partial charge on any atom is 0.261 e. The SMILES string of the molecule is CN(CCNC(=O)c1cccc(NS(=O)(=O)c2ccc(Br)cc2)c1)C1CCCC1. The van der Waals surface area contributed by atoms with Crippen LogP contribution in [0, 0.1) is 0 Å². The van der Waals surface area contributed by atoms with Gasteiger partial charge in [0.25, 0.3) is 15.9 Å². The van der Waals surface area contributed by atoms with Crippen LogP contribution in [-0.2, 0) is 10.0 Å². The number of nitrogens with one attached hydrogen (secondary N) is 2. The molecule has 3 rings (SSSR count). The molecule has 0 bridgehead atoms. The molecule has 1 aliphatic carbocycles. The standard InChI is InChI=1S/C21H26BrN3O3S/c1-25(19-7-2-3-8-19)14-13-23-21(26)16-5-4-6-18(15-16)24-29(27,28)20-11-9-17(22)10-12-20/h4-6,9-12,15,19,24H,2-3,7-8,13-14H2,1H3,(H,23,26). The summed E-state index contributed by atoms with van der Waals surface area (Å²) < 4.78 is 28.4. The molecular weight excluding hydrogens is 454 g/mol. The third-order valence-electron chi connectivity index (χ3n) is 5.20. The van der Waals surface area contributed by atoms with Gasteiger partial charge in [-0.1, -0.05) is 34.8 Å². The minimum absolute atomic E-state index is 0.158. The Morgan fingerprint density at radius 3 is 2.52 bits per heavy atom. The van der Waals surface area contributed by atoms with E-state index in [1.54, 1.807) is 36.4 Å². The highest BCUT2D eigenvalue weighted by Crippen LogP contribution is 2.22. The molecule has 1 fully saturated rings. The van der Waals surface area contributed by atoms with Gasteiger partial charge in [0.1, 0.15) is 0 Å². The van der Waals surface area contributed by atoms with E-state index in [-0.39, 0.29) is 10.8 Å². The van der Waals surface area contributed by atoms with Crippen molar-refractivity contribution in [3.05, 3.63) is 58.6 Å². The smallest absolute Gasteiger partial charge is 0.261 e. The summed E-state index contributed by atoms with van der Waals surface area (Å²) in [5.74, 6) is -0.213. The van der Waals surface area contributed by atoms with Gasteiger partial charge < -0.3 is 10.2 Å². The minimum atomic E-state index is -3.72. The molecule has 2 aromatic rings. The summed E-state index contributed by atoms with van der Waals surface area (Å²) in [5.41, 5.74) is 0.771. The van der Waals surface area contributed by atoms with Gasteiger partial charge in [-0.05, 0) is 62.4 Å². The zero-order valence-corrected chi connectivity index (χ0v) is 18.8. The summed E-state index contributed by atoms with van der Waals surface area (Å²) in [6.45, 7) is 1.35. The molecule has 29 heavy (non-hydrogen) atoms. The lowest BCUT2D eigenvalue weighted by Crippen LogP contribution is -2.37. The monoisotopic (exact) mass is 479 g/mol. The molecule has 0 spiro atoms. The van der Waals surface area contributed by atoms with Crippen molar-refractivity contribution in [3.8, 4) is 0 Å². The van der Waals surface area contributed by atoms with Crippen LogP contribution in [0.3, 0.4) is 0 Å². The number of benzene rings is 2. The highest BCUT2D eigenvalue weighted by molar-refractivity contribution is 9.10. The Kier molecular flexibility index (Phi) is 7.32. The van der Waals surface area contributed by atoms with Crippen molar-refractivity contribution in [1.29, 1.82) is 0 Å². The van der Waals surface area contributed by atoms with Crippen LogP contribution < -0.4 is 10.0 Å². The highest BCUT2D eigenvalue weighted by Gasteiger charge is 2.19. The molecule has 1 saturated carbocycles. The zero-order chi connectivity index (χ0) is 20.9. The van der Waals surface area contributed by atoms with E-state index < -0.39 is 10.0 Å². The quantitative estimate of drug-likeness (QED) is 0.602. The van der Waals surface area contributed by atoms with Gasteiger partial charge in [0, 0.05) is 34.9 Å². The second-order valence-electron chi connectivity index (χ2n) is 7.32. The van der Waals surface area contributed by atoms with Gasteiger partial charge in [0.15, 0.2) is 0 Å². The topological polar surface area (TPSA) is 78.5 Å². The van der Waals surface area contributed by atoms with Gasteiger partial charge in [-0.25, -0.2) is 8.42 Å². The summed E-state index contributed by atoms with van der Waals surface area (Å²) in [5, 5.41) is 2.92. The van der Waals surface area contributed by atoms with Gasteiger partial charge >= 0.3 is 0 Å². The zero-order valence-electron chi connectivity index (χ0n) is 16.4. The molecule has 0 aromatic heterocycles. The number of amides is 1. The fraction of sp³-hybridized carbons (Fsp3) is 0.381. The number of halogens is 1. The molecule has 156 valence electrons. The molecule has 8 heteroatoms. The van der Waals surface area contributed by atoms with Gasteiger partial charge in [-0.2, -0.15) is 0 Å². The highest BCUT2D eigenvalue weighted by atomic mass is 79.9. The van der Waals surface area contributed by atoms with E-state index in [0.717, 1.165) is 11.0 Å². The Hall–Kier alpha value is -1.90. The molecule has 0 saturated heterocycles. The molecule has 0 radical (unpaired) electrons. The third kappa shape index (κ3) is 6.04. The first-order valence-electron chi connectivity index (χ1n) is 9.72. The van der Waals surface area contributed by atoms with Gasteiger partial charge in [-0.3, -0.25) is 9.52 Å². The predicted molar refractivity (Wildman–Crippen MR) is 119 cm³/mol. The molecule has 1 amide bonds. The minimum Gasteiger partial charge on any atom is -0.351 e. The van der Waals surface area contributed by atoms with Crippen LogP contribution in [0.15, 0.2) is 57.9 Å². The van der Waals surface area contributed by atoms with Crippen LogP contribution in [-0.4, -0.2) is 45.4 Å². The number of hydrogen-bond donors (Lipinski definition) is 2. The Morgan fingerprint density at radius 2 is 1.83 bits per heavy atom. The van der Waals surface area contributed by atoms with Crippen molar-refractivity contribution < 1.29 is 13.2 Å². The fourth-order valence-corrected chi connectivity index (χ4v) is 4.84. The molecule has 6 nitrogen and oxygen atoms in total. The van der Waals surface area contributed by atoms with E-state index in [1.165, 1.54) is 37.8 Å². The van der Waals surface area contributed by atoms with Crippen LogP contribution in [0.25, 0.3) is 0 Å². The number of nitrogens with zero attached hydrogens (tertiary/aromatic N) is 1. The van der Waals surface area contributed by atoms with Crippen LogP contribution >= 0.6 is 15.9 Å². The number of sulfonamides is 1. The summed E-state index contributed by atoms with van der Waals surface area (Å²) in [6.07, 6.45) is 5.02. The average molecular weight is 480 g/mol. The number of carbonyl (C=O) groups is 1. The molecule has 0 unspecified atom stereocenters. The largest absolute Gasteiger partial charge is 0.351 e. The van der Waals surface area contributed by atoms with Gasteiger partial charge in [0.05, 0.1) is 4.90 Å². The number of hydrogen-bond acceptors (Lipinski definition) is 4. The Morgan fingerprint density at radius 1 is 1.14 bits per heavy atom.